The van der Waals surface area contributed by atoms with Crippen LogP contribution in [-0.2, 0) is 0 Å². The van der Waals surface area contributed by atoms with E-state index in [-0.39, 0.29) is 10.6 Å². The molecule has 1 aromatic rings. The molecule has 0 aliphatic heterocycles. The van der Waals surface area contributed by atoms with Crippen LogP contribution in [-0.4, -0.2) is 18.1 Å². The van der Waals surface area contributed by atoms with E-state index in [0.717, 1.165) is 6.42 Å². The highest BCUT2D eigenvalue weighted by Crippen LogP contribution is 2.35. The molecule has 110 valence electrons. The van der Waals surface area contributed by atoms with E-state index in [0.29, 0.717) is 29.3 Å². The smallest absolute Gasteiger partial charge is 0.271 e. The summed E-state index contributed by atoms with van der Waals surface area (Å²) in [7, 11) is 1.58. The van der Waals surface area contributed by atoms with Gasteiger partial charge in [0.05, 0.1) is 17.7 Å². The van der Waals surface area contributed by atoms with Gasteiger partial charge in [-0.15, -0.1) is 0 Å². The number of nitrogens with zero attached hydrogens (tertiary/aromatic N) is 1. The van der Waals surface area contributed by atoms with Gasteiger partial charge in [-0.3, -0.25) is 10.1 Å². The van der Waals surface area contributed by atoms with Crippen molar-refractivity contribution < 1.29 is 9.66 Å². The standard InChI is InChI=1S/C15H22N2O3/c1-10-5-4-6-13(11(10)2)16-14-9-12(17(18)19)7-8-15(14)20-3/h7-11,13,16H,4-6H2,1-3H3. The Labute approximate surface area is 119 Å². The van der Waals surface area contributed by atoms with Gasteiger partial charge in [0, 0.05) is 18.2 Å². The number of methoxy groups -OCH3 is 1. The predicted molar refractivity (Wildman–Crippen MR) is 79.2 cm³/mol. The molecule has 0 spiro atoms. The van der Waals surface area contributed by atoms with Crippen molar-refractivity contribution >= 4 is 11.4 Å². The number of rotatable bonds is 4. The van der Waals surface area contributed by atoms with Crippen LogP contribution in [0.1, 0.15) is 33.1 Å². The molecule has 0 heterocycles. The lowest BCUT2D eigenvalue weighted by atomic mass is 9.78. The van der Waals surface area contributed by atoms with Crippen molar-refractivity contribution in [2.24, 2.45) is 11.8 Å². The fourth-order valence-corrected chi connectivity index (χ4v) is 2.91. The molecule has 5 nitrogen and oxygen atoms in total. The molecule has 3 unspecified atom stereocenters. The monoisotopic (exact) mass is 278 g/mol. The van der Waals surface area contributed by atoms with Gasteiger partial charge >= 0.3 is 0 Å². The van der Waals surface area contributed by atoms with Gasteiger partial charge in [0.1, 0.15) is 5.75 Å². The maximum absolute atomic E-state index is 10.9. The molecule has 2 rings (SSSR count). The number of hydrogen-bond acceptors (Lipinski definition) is 4. The van der Waals surface area contributed by atoms with Crippen molar-refractivity contribution in [3.8, 4) is 5.75 Å². The zero-order chi connectivity index (χ0) is 14.7. The van der Waals surface area contributed by atoms with E-state index in [1.54, 1.807) is 19.2 Å². The molecule has 1 N–H and O–H groups in total. The lowest BCUT2D eigenvalue weighted by Gasteiger charge is -2.35. The van der Waals surface area contributed by atoms with E-state index < -0.39 is 0 Å². The topological polar surface area (TPSA) is 64.4 Å². The molecular formula is C15H22N2O3. The number of non-ortho nitro benzene ring substituents is 1. The van der Waals surface area contributed by atoms with E-state index in [2.05, 4.69) is 19.2 Å². The summed E-state index contributed by atoms with van der Waals surface area (Å²) in [6.45, 7) is 4.51. The van der Waals surface area contributed by atoms with Crippen molar-refractivity contribution in [1.82, 2.24) is 0 Å². The Balaban J connectivity index is 2.22. The Morgan fingerprint density at radius 2 is 2.10 bits per heavy atom. The van der Waals surface area contributed by atoms with E-state index >= 15 is 0 Å². The van der Waals surface area contributed by atoms with E-state index in [4.69, 9.17) is 4.74 Å². The Bertz CT molecular complexity index is 490. The number of anilines is 1. The van der Waals surface area contributed by atoms with Crippen LogP contribution in [0.4, 0.5) is 11.4 Å². The summed E-state index contributed by atoms with van der Waals surface area (Å²) < 4.78 is 5.30. The largest absolute Gasteiger partial charge is 0.495 e. The first kappa shape index (κ1) is 14.6. The summed E-state index contributed by atoms with van der Waals surface area (Å²) in [5.74, 6) is 1.87. The van der Waals surface area contributed by atoms with Crippen molar-refractivity contribution in [3.05, 3.63) is 28.3 Å². The first-order valence-electron chi connectivity index (χ1n) is 7.12. The minimum Gasteiger partial charge on any atom is -0.495 e. The summed E-state index contributed by atoms with van der Waals surface area (Å²) in [6, 6.07) is 5.02. The van der Waals surface area contributed by atoms with Gasteiger partial charge in [-0.2, -0.15) is 0 Å². The molecule has 1 aromatic carbocycles. The van der Waals surface area contributed by atoms with Crippen LogP contribution in [0.25, 0.3) is 0 Å². The van der Waals surface area contributed by atoms with Gasteiger partial charge in [-0.25, -0.2) is 0 Å². The molecule has 0 amide bonds. The number of nitrogens with one attached hydrogen (secondary N) is 1. The van der Waals surface area contributed by atoms with Crippen LogP contribution in [0, 0.1) is 22.0 Å². The first-order valence-corrected chi connectivity index (χ1v) is 7.12. The van der Waals surface area contributed by atoms with Gasteiger partial charge in [0.15, 0.2) is 0 Å². The molecule has 0 aromatic heterocycles. The van der Waals surface area contributed by atoms with Crippen molar-refractivity contribution in [2.45, 2.75) is 39.2 Å². The third-order valence-electron chi connectivity index (χ3n) is 4.44. The summed E-state index contributed by atoms with van der Waals surface area (Å²) >= 11 is 0. The molecule has 0 radical (unpaired) electrons. The van der Waals surface area contributed by atoms with Gasteiger partial charge < -0.3 is 10.1 Å². The zero-order valence-corrected chi connectivity index (χ0v) is 12.3. The van der Waals surface area contributed by atoms with Gasteiger partial charge in [-0.1, -0.05) is 26.7 Å². The lowest BCUT2D eigenvalue weighted by Crippen LogP contribution is -2.35. The van der Waals surface area contributed by atoms with Crippen LogP contribution >= 0.6 is 0 Å². The third kappa shape index (κ3) is 3.03. The van der Waals surface area contributed by atoms with Gasteiger partial charge in [-0.05, 0) is 24.3 Å². The lowest BCUT2D eigenvalue weighted by molar-refractivity contribution is -0.384. The second-order valence-electron chi connectivity index (χ2n) is 5.66. The Kier molecular flexibility index (Phi) is 4.47. The highest BCUT2D eigenvalue weighted by molar-refractivity contribution is 5.62. The average molecular weight is 278 g/mol. The summed E-state index contributed by atoms with van der Waals surface area (Å²) in [4.78, 5) is 10.5. The van der Waals surface area contributed by atoms with Gasteiger partial charge in [0.2, 0.25) is 0 Å². The highest BCUT2D eigenvalue weighted by atomic mass is 16.6. The third-order valence-corrected chi connectivity index (χ3v) is 4.44. The predicted octanol–water partition coefficient (Wildman–Crippen LogP) is 3.84. The van der Waals surface area contributed by atoms with E-state index in [1.165, 1.54) is 18.9 Å². The number of ether oxygens (including phenoxy) is 1. The van der Waals surface area contributed by atoms with Crippen LogP contribution in [0.15, 0.2) is 18.2 Å². The minimum atomic E-state index is -0.377. The first-order chi connectivity index (χ1) is 9.52. The van der Waals surface area contributed by atoms with Crippen LogP contribution < -0.4 is 10.1 Å². The van der Waals surface area contributed by atoms with Crippen LogP contribution in [0.2, 0.25) is 0 Å². The van der Waals surface area contributed by atoms with Crippen LogP contribution in [0.3, 0.4) is 0 Å². The molecule has 0 bridgehead atoms. The maximum Gasteiger partial charge on any atom is 0.271 e. The molecular weight excluding hydrogens is 256 g/mol. The minimum absolute atomic E-state index is 0.0878. The fraction of sp³-hybridized carbons (Fsp3) is 0.600. The number of nitro benzene ring substituents is 1. The zero-order valence-electron chi connectivity index (χ0n) is 12.3. The molecule has 0 saturated heterocycles. The number of benzene rings is 1. The average Bonchev–Trinajstić information content (AvgIpc) is 2.43. The maximum atomic E-state index is 10.9. The Morgan fingerprint density at radius 1 is 1.35 bits per heavy atom. The van der Waals surface area contributed by atoms with Crippen molar-refractivity contribution in [2.75, 3.05) is 12.4 Å². The molecule has 5 heteroatoms. The van der Waals surface area contributed by atoms with Crippen molar-refractivity contribution in [1.29, 1.82) is 0 Å². The molecule has 1 saturated carbocycles. The second-order valence-corrected chi connectivity index (χ2v) is 5.66. The van der Waals surface area contributed by atoms with Crippen molar-refractivity contribution in [3.63, 3.8) is 0 Å². The molecule has 1 fully saturated rings. The number of hydrogen-bond donors (Lipinski definition) is 1. The fourth-order valence-electron chi connectivity index (χ4n) is 2.91. The number of nitro groups is 1. The summed E-state index contributed by atoms with van der Waals surface area (Å²) in [5.41, 5.74) is 0.803. The second kappa shape index (κ2) is 6.11. The molecule has 1 aliphatic carbocycles. The van der Waals surface area contributed by atoms with E-state index in [9.17, 15) is 10.1 Å². The summed E-state index contributed by atoms with van der Waals surface area (Å²) in [6.07, 6.45) is 3.54. The summed E-state index contributed by atoms with van der Waals surface area (Å²) in [5, 5.41) is 14.3. The normalized spacial score (nSPS) is 26.1. The van der Waals surface area contributed by atoms with Gasteiger partial charge in [0.25, 0.3) is 5.69 Å². The Hall–Kier alpha value is -1.78. The van der Waals surface area contributed by atoms with Crippen LogP contribution in [0.5, 0.6) is 5.75 Å². The SMILES string of the molecule is COc1ccc([N+](=O)[O-])cc1NC1CCCC(C)C1C. The molecule has 3 atom stereocenters. The quantitative estimate of drug-likeness (QED) is 0.671. The molecule has 20 heavy (non-hydrogen) atoms. The molecule has 1 aliphatic rings. The van der Waals surface area contributed by atoms with E-state index in [1.807, 2.05) is 0 Å². The Morgan fingerprint density at radius 3 is 2.75 bits per heavy atom. The highest BCUT2D eigenvalue weighted by Gasteiger charge is 2.27.